The predicted octanol–water partition coefficient (Wildman–Crippen LogP) is 2.54. The second-order valence-electron chi connectivity index (χ2n) is 7.26. The molecule has 7 heteroatoms. The molecule has 1 rings (SSSR count). The molecule has 0 saturated carbocycles. The first-order valence-corrected chi connectivity index (χ1v) is 10.00. The van der Waals surface area contributed by atoms with E-state index < -0.39 is 0 Å². The van der Waals surface area contributed by atoms with Gasteiger partial charge in [-0.25, -0.2) is 0 Å². The smallest absolute Gasteiger partial charge is 0.225 e. The van der Waals surface area contributed by atoms with E-state index in [1.807, 2.05) is 25.8 Å². The Morgan fingerprint density at radius 2 is 1.88 bits per heavy atom. The summed E-state index contributed by atoms with van der Waals surface area (Å²) < 4.78 is 0. The van der Waals surface area contributed by atoms with Gasteiger partial charge in [0.1, 0.15) is 0 Å². The fraction of sp³-hybridized carbons (Fsp3) is 0.895. The molecule has 1 atom stereocenters. The van der Waals surface area contributed by atoms with Crippen LogP contribution in [0.1, 0.15) is 53.4 Å². The van der Waals surface area contributed by atoms with Crippen LogP contribution in [0.2, 0.25) is 0 Å². The average molecular weight is 481 g/mol. The minimum atomic E-state index is 0. The van der Waals surface area contributed by atoms with Crippen molar-refractivity contribution in [3.8, 4) is 0 Å². The highest BCUT2D eigenvalue weighted by Crippen LogP contribution is 2.12. The lowest BCUT2D eigenvalue weighted by atomic mass is 10.2. The van der Waals surface area contributed by atoms with Gasteiger partial charge in [0.25, 0.3) is 0 Å². The van der Waals surface area contributed by atoms with E-state index >= 15 is 0 Å². The maximum Gasteiger partial charge on any atom is 0.225 e. The van der Waals surface area contributed by atoms with Crippen LogP contribution >= 0.6 is 24.0 Å². The molecule has 1 heterocycles. The molecule has 1 aliphatic rings. The van der Waals surface area contributed by atoms with Crippen molar-refractivity contribution in [2.24, 2.45) is 10.9 Å². The quantitative estimate of drug-likeness (QED) is 0.218. The molecule has 1 unspecified atom stereocenters. The summed E-state index contributed by atoms with van der Waals surface area (Å²) in [6, 6.07) is 0.297. The van der Waals surface area contributed by atoms with Crippen LogP contribution in [0.15, 0.2) is 4.99 Å². The van der Waals surface area contributed by atoms with Gasteiger partial charge in [0.2, 0.25) is 5.91 Å². The second kappa shape index (κ2) is 14.5. The molecule has 0 radical (unpaired) electrons. The first-order chi connectivity index (χ1) is 12.0. The molecule has 2 N–H and O–H groups in total. The molecular formula is C19H40IN5O. The Balaban J connectivity index is 0.00000625. The fourth-order valence-electron chi connectivity index (χ4n) is 3.31. The number of aliphatic imine (C=N–C) groups is 1. The Labute approximate surface area is 177 Å². The van der Waals surface area contributed by atoms with Crippen LogP contribution in [0.4, 0.5) is 0 Å². The number of amides is 1. The molecular weight excluding hydrogens is 441 g/mol. The lowest BCUT2D eigenvalue weighted by molar-refractivity contribution is -0.133. The number of halogens is 1. The van der Waals surface area contributed by atoms with Gasteiger partial charge in [-0.3, -0.25) is 9.79 Å². The first kappa shape index (κ1) is 25.4. The molecule has 0 aromatic heterocycles. The standard InChI is InChI=1S/C19H39N5O.HI/c1-6-11-23(12-7-2)13-8-10-21-19(20-5)22-17-9-14-24(15-17)18(25)16(3)4;/h16-17H,6-15H2,1-5H3,(H2,20,21,22);1H. The SMILES string of the molecule is CCCN(CCC)CCCNC(=NC)NC1CCN(C(=O)C(C)C)C1.I. The number of nitrogens with zero attached hydrogens (tertiary/aromatic N) is 3. The number of nitrogens with one attached hydrogen (secondary N) is 2. The summed E-state index contributed by atoms with van der Waals surface area (Å²) in [5, 5.41) is 6.87. The molecule has 1 fully saturated rings. The monoisotopic (exact) mass is 481 g/mol. The van der Waals surface area contributed by atoms with Gasteiger partial charge in [0.15, 0.2) is 5.96 Å². The third kappa shape index (κ3) is 9.39. The Morgan fingerprint density at radius 3 is 2.42 bits per heavy atom. The van der Waals surface area contributed by atoms with Crippen molar-refractivity contribution in [1.29, 1.82) is 0 Å². The molecule has 0 spiro atoms. The van der Waals surface area contributed by atoms with Crippen molar-refractivity contribution >= 4 is 35.8 Å². The average Bonchev–Trinajstić information content (AvgIpc) is 3.05. The van der Waals surface area contributed by atoms with Crippen molar-refractivity contribution < 1.29 is 4.79 Å². The minimum Gasteiger partial charge on any atom is -0.356 e. The maximum atomic E-state index is 12.1. The summed E-state index contributed by atoms with van der Waals surface area (Å²) in [4.78, 5) is 20.9. The third-order valence-corrected chi connectivity index (χ3v) is 4.58. The van der Waals surface area contributed by atoms with Crippen LogP contribution < -0.4 is 10.6 Å². The molecule has 6 nitrogen and oxygen atoms in total. The first-order valence-electron chi connectivity index (χ1n) is 10.00. The zero-order valence-electron chi connectivity index (χ0n) is 17.4. The highest BCUT2D eigenvalue weighted by molar-refractivity contribution is 14.0. The number of carbonyl (C=O) groups excluding carboxylic acids is 1. The van der Waals surface area contributed by atoms with Crippen molar-refractivity contribution in [1.82, 2.24) is 20.4 Å². The van der Waals surface area contributed by atoms with Crippen molar-refractivity contribution in [3.05, 3.63) is 0 Å². The van der Waals surface area contributed by atoms with Crippen LogP contribution in [0.5, 0.6) is 0 Å². The molecule has 0 aromatic rings. The van der Waals surface area contributed by atoms with E-state index in [2.05, 4.69) is 34.4 Å². The lowest BCUT2D eigenvalue weighted by Crippen LogP contribution is -2.45. The second-order valence-corrected chi connectivity index (χ2v) is 7.26. The Hall–Kier alpha value is -0.570. The van der Waals surface area contributed by atoms with Gasteiger partial charge in [-0.05, 0) is 45.3 Å². The number of guanidine groups is 1. The van der Waals surface area contributed by atoms with Crippen molar-refractivity contribution in [3.63, 3.8) is 0 Å². The zero-order valence-corrected chi connectivity index (χ0v) is 19.7. The van der Waals surface area contributed by atoms with Gasteiger partial charge in [0, 0.05) is 38.6 Å². The van der Waals surface area contributed by atoms with E-state index in [-0.39, 0.29) is 35.8 Å². The van der Waals surface area contributed by atoms with Gasteiger partial charge < -0.3 is 20.4 Å². The van der Waals surface area contributed by atoms with E-state index in [4.69, 9.17) is 0 Å². The summed E-state index contributed by atoms with van der Waals surface area (Å²) >= 11 is 0. The number of likely N-dealkylation sites (tertiary alicyclic amines) is 1. The zero-order chi connectivity index (χ0) is 18.7. The summed E-state index contributed by atoms with van der Waals surface area (Å²) in [6.07, 6.45) is 4.52. The van der Waals surface area contributed by atoms with E-state index in [0.29, 0.717) is 6.04 Å². The molecule has 0 aliphatic carbocycles. The number of rotatable bonds is 10. The third-order valence-electron chi connectivity index (χ3n) is 4.58. The summed E-state index contributed by atoms with van der Waals surface area (Å²) in [6.45, 7) is 14.4. The van der Waals surface area contributed by atoms with E-state index in [0.717, 1.165) is 45.0 Å². The van der Waals surface area contributed by atoms with E-state index in [9.17, 15) is 4.79 Å². The van der Waals surface area contributed by atoms with Crippen LogP contribution in [0, 0.1) is 5.92 Å². The molecule has 0 bridgehead atoms. The highest BCUT2D eigenvalue weighted by Gasteiger charge is 2.27. The fourth-order valence-corrected chi connectivity index (χ4v) is 3.31. The summed E-state index contributed by atoms with van der Waals surface area (Å²) in [7, 11) is 1.81. The molecule has 1 saturated heterocycles. The van der Waals surface area contributed by atoms with E-state index in [1.54, 1.807) is 0 Å². The van der Waals surface area contributed by atoms with Crippen LogP contribution in [0.3, 0.4) is 0 Å². The largest absolute Gasteiger partial charge is 0.356 e. The lowest BCUT2D eigenvalue weighted by Gasteiger charge is -2.22. The normalized spacial score (nSPS) is 17.6. The van der Waals surface area contributed by atoms with E-state index in [1.165, 1.54) is 25.9 Å². The molecule has 1 amide bonds. The molecule has 26 heavy (non-hydrogen) atoms. The van der Waals surface area contributed by atoms with Crippen LogP contribution in [0.25, 0.3) is 0 Å². The predicted molar refractivity (Wildman–Crippen MR) is 121 cm³/mol. The van der Waals surface area contributed by atoms with Gasteiger partial charge in [-0.2, -0.15) is 0 Å². The van der Waals surface area contributed by atoms with Crippen LogP contribution in [-0.4, -0.2) is 74.0 Å². The Morgan fingerprint density at radius 1 is 1.23 bits per heavy atom. The van der Waals surface area contributed by atoms with Gasteiger partial charge >= 0.3 is 0 Å². The van der Waals surface area contributed by atoms with Crippen molar-refractivity contribution in [2.75, 3.05) is 46.3 Å². The van der Waals surface area contributed by atoms with Crippen LogP contribution in [-0.2, 0) is 4.79 Å². The Kier molecular flexibility index (Phi) is 14.2. The molecule has 1 aliphatic heterocycles. The molecule has 154 valence electrons. The minimum absolute atomic E-state index is 0. The number of hydrogen-bond acceptors (Lipinski definition) is 3. The topological polar surface area (TPSA) is 60.0 Å². The Bertz CT molecular complexity index is 411. The van der Waals surface area contributed by atoms with Gasteiger partial charge in [0.05, 0.1) is 0 Å². The van der Waals surface area contributed by atoms with Crippen molar-refractivity contribution in [2.45, 2.75) is 59.4 Å². The molecule has 0 aromatic carbocycles. The maximum absolute atomic E-state index is 12.1. The van der Waals surface area contributed by atoms with Gasteiger partial charge in [-0.15, -0.1) is 24.0 Å². The summed E-state index contributed by atoms with van der Waals surface area (Å²) in [5.41, 5.74) is 0. The summed E-state index contributed by atoms with van der Waals surface area (Å²) in [5.74, 6) is 1.17. The number of hydrogen-bond donors (Lipinski definition) is 2. The van der Waals surface area contributed by atoms with Gasteiger partial charge in [-0.1, -0.05) is 27.7 Å². The highest BCUT2D eigenvalue weighted by atomic mass is 127. The number of carbonyl (C=O) groups is 1.